The lowest BCUT2D eigenvalue weighted by atomic mass is 10.1. The second-order valence-corrected chi connectivity index (χ2v) is 5.95. The van der Waals surface area contributed by atoms with Gasteiger partial charge in [0.2, 0.25) is 6.79 Å². The van der Waals surface area contributed by atoms with Crippen LogP contribution in [0.15, 0.2) is 36.4 Å². The van der Waals surface area contributed by atoms with Crippen molar-refractivity contribution >= 4 is 17.5 Å². The van der Waals surface area contributed by atoms with Crippen molar-refractivity contribution < 1.29 is 32.2 Å². The van der Waals surface area contributed by atoms with E-state index in [-0.39, 0.29) is 30.0 Å². The molecule has 0 fully saturated rings. The first-order valence-corrected chi connectivity index (χ1v) is 7.80. The van der Waals surface area contributed by atoms with Gasteiger partial charge in [-0.3, -0.25) is 4.79 Å². The molecule has 1 amide bonds. The van der Waals surface area contributed by atoms with E-state index in [1.54, 1.807) is 7.05 Å². The SMILES string of the molecule is CN(Cc1ccc(OC(F)(F)F)cc1)C(=O)c1cc(Cl)c2c(c1)OCO2. The molecule has 0 aliphatic carbocycles. The number of ether oxygens (including phenoxy) is 3. The van der Waals surface area contributed by atoms with Gasteiger partial charge in [-0.05, 0) is 29.8 Å². The number of nitrogens with zero attached hydrogens (tertiary/aromatic N) is 1. The average molecular weight is 388 g/mol. The van der Waals surface area contributed by atoms with Crippen LogP contribution >= 0.6 is 11.6 Å². The van der Waals surface area contributed by atoms with Crippen LogP contribution in [0.5, 0.6) is 17.2 Å². The average Bonchev–Trinajstić information content (AvgIpc) is 3.03. The number of fused-ring (bicyclic) bond motifs is 1. The van der Waals surface area contributed by atoms with Gasteiger partial charge >= 0.3 is 6.36 Å². The van der Waals surface area contributed by atoms with E-state index in [0.29, 0.717) is 22.6 Å². The van der Waals surface area contributed by atoms with Crippen LogP contribution in [0.2, 0.25) is 5.02 Å². The van der Waals surface area contributed by atoms with E-state index in [0.717, 1.165) is 0 Å². The molecule has 1 aliphatic heterocycles. The second kappa shape index (κ2) is 6.95. The third-order valence-corrected chi connectivity index (χ3v) is 3.88. The summed E-state index contributed by atoms with van der Waals surface area (Å²) in [7, 11) is 1.57. The van der Waals surface area contributed by atoms with Gasteiger partial charge in [0.15, 0.2) is 11.5 Å². The maximum Gasteiger partial charge on any atom is 0.573 e. The van der Waals surface area contributed by atoms with Crippen molar-refractivity contribution in [1.82, 2.24) is 4.90 Å². The van der Waals surface area contributed by atoms with Crippen LogP contribution in [0.4, 0.5) is 13.2 Å². The summed E-state index contributed by atoms with van der Waals surface area (Å²) in [5.41, 5.74) is 0.959. The second-order valence-electron chi connectivity index (χ2n) is 5.54. The zero-order valence-electron chi connectivity index (χ0n) is 13.5. The summed E-state index contributed by atoms with van der Waals surface area (Å²) in [5, 5.41) is 0.269. The predicted molar refractivity (Wildman–Crippen MR) is 86.5 cm³/mol. The molecule has 0 saturated carbocycles. The standard InChI is InChI=1S/C17H13ClF3NO4/c1-22(8-10-2-4-12(5-3-10)26-17(19,20)21)16(23)11-6-13(18)15-14(7-11)24-9-25-15/h2-7H,8-9H2,1H3. The van der Waals surface area contributed by atoms with Gasteiger partial charge < -0.3 is 19.1 Å². The maximum absolute atomic E-state index is 12.6. The van der Waals surface area contributed by atoms with Gasteiger partial charge in [0, 0.05) is 19.2 Å². The van der Waals surface area contributed by atoms with Crippen LogP contribution in [0.25, 0.3) is 0 Å². The molecule has 2 aromatic carbocycles. The molecule has 3 rings (SSSR count). The van der Waals surface area contributed by atoms with Crippen molar-refractivity contribution in [2.75, 3.05) is 13.8 Å². The molecule has 2 aromatic rings. The monoisotopic (exact) mass is 387 g/mol. The van der Waals surface area contributed by atoms with Gasteiger partial charge in [-0.15, -0.1) is 13.2 Å². The predicted octanol–water partition coefficient (Wildman–Crippen LogP) is 4.24. The Bertz CT molecular complexity index is 824. The largest absolute Gasteiger partial charge is 0.573 e. The highest BCUT2D eigenvalue weighted by Gasteiger charge is 2.31. The minimum atomic E-state index is -4.74. The van der Waals surface area contributed by atoms with Crippen molar-refractivity contribution in [2.45, 2.75) is 12.9 Å². The molecule has 26 heavy (non-hydrogen) atoms. The quantitative estimate of drug-likeness (QED) is 0.787. The highest BCUT2D eigenvalue weighted by Crippen LogP contribution is 2.40. The Kier molecular flexibility index (Phi) is 4.86. The van der Waals surface area contributed by atoms with E-state index in [1.807, 2.05) is 0 Å². The Morgan fingerprint density at radius 3 is 2.58 bits per heavy atom. The minimum Gasteiger partial charge on any atom is -0.454 e. The van der Waals surface area contributed by atoms with Crippen LogP contribution in [-0.2, 0) is 6.54 Å². The Labute approximate surface area is 151 Å². The van der Waals surface area contributed by atoms with Crippen LogP contribution in [-0.4, -0.2) is 31.0 Å². The van der Waals surface area contributed by atoms with E-state index in [1.165, 1.54) is 41.3 Å². The first-order chi connectivity index (χ1) is 12.2. The molecule has 0 saturated heterocycles. The fraction of sp³-hybridized carbons (Fsp3) is 0.235. The number of carbonyl (C=O) groups excluding carboxylic acids is 1. The fourth-order valence-corrected chi connectivity index (χ4v) is 2.72. The first-order valence-electron chi connectivity index (χ1n) is 7.42. The molecule has 1 aliphatic rings. The lowest BCUT2D eigenvalue weighted by Gasteiger charge is -2.18. The van der Waals surface area contributed by atoms with Crippen molar-refractivity contribution in [2.24, 2.45) is 0 Å². The molecular weight excluding hydrogens is 375 g/mol. The number of halogens is 4. The molecule has 0 spiro atoms. The summed E-state index contributed by atoms with van der Waals surface area (Å²) in [6.45, 7) is 0.228. The van der Waals surface area contributed by atoms with Crippen LogP contribution in [0.3, 0.4) is 0 Å². The van der Waals surface area contributed by atoms with E-state index in [9.17, 15) is 18.0 Å². The van der Waals surface area contributed by atoms with Gasteiger partial charge in [-0.2, -0.15) is 0 Å². The van der Waals surface area contributed by atoms with Gasteiger partial charge in [0.25, 0.3) is 5.91 Å². The van der Waals surface area contributed by atoms with Crippen molar-refractivity contribution in [3.63, 3.8) is 0 Å². The van der Waals surface area contributed by atoms with Gasteiger partial charge in [0.05, 0.1) is 5.02 Å². The molecule has 1 heterocycles. The zero-order valence-corrected chi connectivity index (χ0v) is 14.2. The molecule has 5 nitrogen and oxygen atoms in total. The molecule has 0 unspecified atom stereocenters. The van der Waals surface area contributed by atoms with Gasteiger partial charge in [0.1, 0.15) is 5.75 Å². The molecule has 0 bridgehead atoms. The summed E-state index contributed by atoms with van der Waals surface area (Å²) < 4.78 is 50.7. The number of amides is 1. The highest BCUT2D eigenvalue weighted by molar-refractivity contribution is 6.32. The summed E-state index contributed by atoms with van der Waals surface area (Å²) in [6, 6.07) is 8.31. The number of benzene rings is 2. The van der Waals surface area contributed by atoms with E-state index in [4.69, 9.17) is 21.1 Å². The lowest BCUT2D eigenvalue weighted by Crippen LogP contribution is -2.26. The van der Waals surface area contributed by atoms with E-state index >= 15 is 0 Å². The first kappa shape index (κ1) is 18.2. The van der Waals surface area contributed by atoms with Crippen LogP contribution in [0.1, 0.15) is 15.9 Å². The molecular formula is C17H13ClF3NO4. The number of hydrogen-bond donors (Lipinski definition) is 0. The van der Waals surface area contributed by atoms with Crippen LogP contribution < -0.4 is 14.2 Å². The minimum absolute atomic E-state index is 0.0366. The Morgan fingerprint density at radius 1 is 1.23 bits per heavy atom. The van der Waals surface area contributed by atoms with Crippen molar-refractivity contribution in [3.8, 4) is 17.2 Å². The highest BCUT2D eigenvalue weighted by atomic mass is 35.5. The summed E-state index contributed by atoms with van der Waals surface area (Å²) in [4.78, 5) is 14.0. The van der Waals surface area contributed by atoms with Crippen molar-refractivity contribution in [3.05, 3.63) is 52.5 Å². The Balaban J connectivity index is 1.69. The molecule has 0 radical (unpaired) electrons. The molecule has 0 N–H and O–H groups in total. The van der Waals surface area contributed by atoms with Crippen molar-refractivity contribution in [1.29, 1.82) is 0 Å². The Morgan fingerprint density at radius 2 is 1.92 bits per heavy atom. The molecule has 9 heteroatoms. The van der Waals surface area contributed by atoms with E-state index < -0.39 is 6.36 Å². The smallest absolute Gasteiger partial charge is 0.454 e. The topological polar surface area (TPSA) is 48.0 Å². The zero-order chi connectivity index (χ0) is 18.9. The third-order valence-electron chi connectivity index (χ3n) is 3.60. The Hall–Kier alpha value is -2.61. The summed E-state index contributed by atoms with van der Waals surface area (Å²) in [5.74, 6) is 0.146. The lowest BCUT2D eigenvalue weighted by molar-refractivity contribution is -0.274. The van der Waals surface area contributed by atoms with Gasteiger partial charge in [-0.1, -0.05) is 23.7 Å². The molecule has 0 aromatic heterocycles. The fourth-order valence-electron chi connectivity index (χ4n) is 2.45. The third kappa shape index (κ3) is 4.13. The molecule has 138 valence electrons. The molecule has 0 atom stereocenters. The van der Waals surface area contributed by atoms with Gasteiger partial charge in [-0.25, -0.2) is 0 Å². The number of hydrogen-bond acceptors (Lipinski definition) is 4. The number of alkyl halides is 3. The maximum atomic E-state index is 12.6. The number of carbonyl (C=O) groups is 1. The van der Waals surface area contributed by atoms with E-state index in [2.05, 4.69) is 4.74 Å². The summed E-state index contributed by atoms with van der Waals surface area (Å²) >= 11 is 6.07. The normalized spacial score (nSPS) is 12.8. The van der Waals surface area contributed by atoms with Crippen LogP contribution in [0, 0.1) is 0 Å². The summed E-state index contributed by atoms with van der Waals surface area (Å²) in [6.07, 6.45) is -4.74. The number of rotatable bonds is 4.